The van der Waals surface area contributed by atoms with Crippen LogP contribution in [0.15, 0.2) is 47.5 Å². The van der Waals surface area contributed by atoms with E-state index in [-0.39, 0.29) is 22.1 Å². The standard InChI is InChI=1S/C20H26ClN7O/c1-3-13-9-14(16(21)24-10-13)27-18-15(17(22)29)12(2)26-19(28-18)25-11-20(23)7-5-4-6-8-20/h3,9-10,27H,1-2,4-8,11,23H2,(H2,22,29)(H2,25,26,28). The van der Waals surface area contributed by atoms with Gasteiger partial charge in [-0.1, -0.05) is 50.1 Å². The van der Waals surface area contributed by atoms with Crippen molar-refractivity contribution in [3.8, 4) is 0 Å². The number of primary amides is 1. The predicted molar refractivity (Wildman–Crippen MR) is 117 cm³/mol. The molecule has 0 aromatic carbocycles. The summed E-state index contributed by atoms with van der Waals surface area (Å²) < 4.78 is 0. The Kier molecular flexibility index (Phi) is 6.24. The van der Waals surface area contributed by atoms with E-state index >= 15 is 0 Å². The summed E-state index contributed by atoms with van der Waals surface area (Å²) >= 11 is 6.19. The van der Waals surface area contributed by atoms with E-state index in [4.69, 9.17) is 23.1 Å². The zero-order valence-corrected chi connectivity index (χ0v) is 17.0. The fourth-order valence-corrected chi connectivity index (χ4v) is 3.62. The maximum atomic E-state index is 12.0. The van der Waals surface area contributed by atoms with Crippen molar-refractivity contribution < 1.29 is 4.79 Å². The Morgan fingerprint density at radius 2 is 2.10 bits per heavy atom. The fraction of sp³-hybridized carbons (Fsp3) is 0.350. The van der Waals surface area contributed by atoms with E-state index in [1.165, 1.54) is 6.42 Å². The number of halogens is 1. The highest BCUT2D eigenvalue weighted by molar-refractivity contribution is 6.32. The van der Waals surface area contributed by atoms with Crippen molar-refractivity contribution in [1.29, 1.82) is 0 Å². The highest BCUT2D eigenvalue weighted by Crippen LogP contribution is 2.27. The van der Waals surface area contributed by atoms with Gasteiger partial charge in [0.1, 0.15) is 11.4 Å². The van der Waals surface area contributed by atoms with Crippen LogP contribution in [-0.4, -0.2) is 28.9 Å². The van der Waals surface area contributed by atoms with Gasteiger partial charge in [-0.2, -0.15) is 4.99 Å². The third kappa shape index (κ3) is 4.96. The maximum absolute atomic E-state index is 12.0. The van der Waals surface area contributed by atoms with Crippen LogP contribution in [0.25, 0.3) is 6.08 Å². The van der Waals surface area contributed by atoms with Crippen LogP contribution in [0.4, 0.5) is 5.69 Å². The van der Waals surface area contributed by atoms with Crippen LogP contribution in [0.5, 0.6) is 0 Å². The number of amides is 1. The molecule has 1 saturated carbocycles. The van der Waals surface area contributed by atoms with Crippen molar-refractivity contribution in [3.63, 3.8) is 0 Å². The average Bonchev–Trinajstić information content (AvgIpc) is 2.68. The molecule has 1 aliphatic carbocycles. The Labute approximate surface area is 175 Å². The molecule has 0 saturated heterocycles. The first-order chi connectivity index (χ1) is 13.8. The van der Waals surface area contributed by atoms with Crippen molar-refractivity contribution in [2.45, 2.75) is 37.6 Å². The van der Waals surface area contributed by atoms with Crippen LogP contribution in [0.2, 0.25) is 5.15 Å². The second-order valence-corrected chi connectivity index (χ2v) is 7.72. The van der Waals surface area contributed by atoms with E-state index in [2.05, 4.69) is 39.1 Å². The molecule has 0 bridgehead atoms. The molecule has 2 aliphatic rings. The maximum Gasteiger partial charge on any atom is 0.254 e. The molecule has 0 atom stereocenters. The first kappa shape index (κ1) is 20.9. The molecule has 0 unspecified atom stereocenters. The summed E-state index contributed by atoms with van der Waals surface area (Å²) in [6.45, 7) is 8.18. The van der Waals surface area contributed by atoms with Gasteiger partial charge in [0.25, 0.3) is 5.91 Å². The fourth-order valence-electron chi connectivity index (χ4n) is 3.47. The zero-order chi connectivity index (χ0) is 21.0. The summed E-state index contributed by atoms with van der Waals surface area (Å²) in [5.41, 5.74) is 13.4. The quantitative estimate of drug-likeness (QED) is 0.453. The molecule has 1 aromatic heterocycles. The normalized spacial score (nSPS) is 18.6. The van der Waals surface area contributed by atoms with Gasteiger partial charge in [0.15, 0.2) is 5.15 Å². The largest absolute Gasteiger partial charge is 0.365 e. The average molecular weight is 416 g/mol. The summed E-state index contributed by atoms with van der Waals surface area (Å²) in [6, 6.07) is 1.75. The lowest BCUT2D eigenvalue weighted by Crippen LogP contribution is -2.54. The monoisotopic (exact) mass is 415 g/mol. The number of guanidine groups is 1. The Morgan fingerprint density at radius 1 is 1.38 bits per heavy atom. The first-order valence-electron chi connectivity index (χ1n) is 9.48. The van der Waals surface area contributed by atoms with Crippen molar-refractivity contribution >= 4 is 35.2 Å². The highest BCUT2D eigenvalue weighted by Gasteiger charge is 2.29. The van der Waals surface area contributed by atoms with E-state index in [0.717, 1.165) is 31.2 Å². The zero-order valence-electron chi connectivity index (χ0n) is 16.2. The number of nitrogens with zero attached hydrogens (tertiary/aromatic N) is 2. The second-order valence-electron chi connectivity index (χ2n) is 7.36. The number of nitrogens with two attached hydrogens (primary N) is 2. The molecule has 1 amide bonds. The minimum absolute atomic E-state index is 0.135. The summed E-state index contributed by atoms with van der Waals surface area (Å²) in [5.74, 6) is -0.00966. The number of hydrogen-bond donors (Lipinski definition) is 5. The van der Waals surface area contributed by atoms with Gasteiger partial charge in [-0.3, -0.25) is 4.79 Å². The molecule has 2 heterocycles. The van der Waals surface area contributed by atoms with Crippen molar-refractivity contribution in [2.75, 3.05) is 11.9 Å². The van der Waals surface area contributed by atoms with Crippen molar-refractivity contribution in [1.82, 2.24) is 15.6 Å². The molecule has 0 radical (unpaired) electrons. The van der Waals surface area contributed by atoms with E-state index in [9.17, 15) is 4.79 Å². The van der Waals surface area contributed by atoms with Crippen LogP contribution in [0, 0.1) is 0 Å². The number of hydrogen-bond acceptors (Lipinski definition) is 7. The van der Waals surface area contributed by atoms with Gasteiger partial charge in [0.2, 0.25) is 5.96 Å². The van der Waals surface area contributed by atoms with Crippen LogP contribution in [0.1, 0.15) is 37.7 Å². The lowest BCUT2D eigenvalue weighted by Gasteiger charge is -2.34. The molecule has 1 fully saturated rings. The molecule has 9 heteroatoms. The van der Waals surface area contributed by atoms with Crippen molar-refractivity contribution in [3.05, 3.63) is 53.2 Å². The number of carbonyl (C=O) groups excluding carboxylic acids is 1. The van der Waals surface area contributed by atoms with Crippen LogP contribution >= 0.6 is 11.6 Å². The molecule has 3 rings (SSSR count). The number of rotatable bonds is 6. The van der Waals surface area contributed by atoms with E-state index < -0.39 is 5.91 Å². The van der Waals surface area contributed by atoms with Crippen molar-refractivity contribution in [2.24, 2.45) is 16.5 Å². The second kappa shape index (κ2) is 8.67. The van der Waals surface area contributed by atoms with Gasteiger partial charge in [0, 0.05) is 18.3 Å². The van der Waals surface area contributed by atoms with E-state index in [1.54, 1.807) is 18.3 Å². The van der Waals surface area contributed by atoms with Gasteiger partial charge in [-0.25, -0.2) is 4.98 Å². The Hall–Kier alpha value is -2.84. The minimum atomic E-state index is -0.667. The first-order valence-corrected chi connectivity index (χ1v) is 9.86. The van der Waals surface area contributed by atoms with Gasteiger partial charge in [-0.15, -0.1) is 0 Å². The predicted octanol–water partition coefficient (Wildman–Crippen LogP) is 2.21. The molecular formula is C20H26ClN7O. The lowest BCUT2D eigenvalue weighted by atomic mass is 9.82. The smallest absolute Gasteiger partial charge is 0.254 e. The molecule has 7 N–H and O–H groups in total. The Morgan fingerprint density at radius 3 is 2.76 bits per heavy atom. The highest BCUT2D eigenvalue weighted by atomic mass is 35.5. The lowest BCUT2D eigenvalue weighted by molar-refractivity contribution is -0.114. The number of aromatic nitrogens is 1. The molecule has 1 aromatic rings. The van der Waals surface area contributed by atoms with Gasteiger partial charge in [0.05, 0.1) is 11.4 Å². The van der Waals surface area contributed by atoms with Crippen LogP contribution in [-0.2, 0) is 4.79 Å². The summed E-state index contributed by atoms with van der Waals surface area (Å²) in [6.07, 6.45) is 8.59. The van der Waals surface area contributed by atoms with Crippen LogP contribution in [0.3, 0.4) is 0 Å². The molecule has 154 valence electrons. The van der Waals surface area contributed by atoms with Gasteiger partial charge in [-0.05, 0) is 24.5 Å². The van der Waals surface area contributed by atoms with Gasteiger partial charge < -0.3 is 27.4 Å². The van der Waals surface area contributed by atoms with E-state index in [0.29, 0.717) is 23.9 Å². The number of nitrogens with one attached hydrogen (secondary N) is 3. The molecule has 8 nitrogen and oxygen atoms in total. The third-order valence-corrected chi connectivity index (χ3v) is 5.39. The van der Waals surface area contributed by atoms with Gasteiger partial charge >= 0.3 is 0 Å². The Bertz CT molecular complexity index is 900. The summed E-state index contributed by atoms with van der Waals surface area (Å²) in [4.78, 5) is 20.6. The molecule has 29 heavy (non-hydrogen) atoms. The summed E-state index contributed by atoms with van der Waals surface area (Å²) in [5, 5.41) is 9.49. The number of carbonyl (C=O) groups is 1. The molecular weight excluding hydrogens is 390 g/mol. The van der Waals surface area contributed by atoms with Crippen LogP contribution < -0.4 is 27.4 Å². The molecule has 0 spiro atoms. The SMILES string of the molecule is C=Cc1cnc(Cl)c(NC2=C(C(N)=O)C(=C)NC(NCC3(N)CCCCC3)=N2)c1. The third-order valence-electron chi connectivity index (χ3n) is 5.08. The number of aliphatic imine (C=N–C) groups is 1. The number of anilines is 1. The van der Waals surface area contributed by atoms with E-state index in [1.807, 2.05) is 0 Å². The Balaban J connectivity index is 1.86. The molecule has 1 aliphatic heterocycles. The minimum Gasteiger partial charge on any atom is -0.365 e. The summed E-state index contributed by atoms with van der Waals surface area (Å²) in [7, 11) is 0. The topological polar surface area (TPSA) is 130 Å². The number of pyridine rings is 1.